The van der Waals surface area contributed by atoms with Gasteiger partial charge in [-0.05, 0) is 24.6 Å². The van der Waals surface area contributed by atoms with Crippen LogP contribution in [0.15, 0.2) is 18.2 Å². The highest BCUT2D eigenvalue weighted by Gasteiger charge is 1.96. The minimum absolute atomic E-state index is 0.0776. The van der Waals surface area contributed by atoms with Crippen LogP contribution in [0.3, 0.4) is 0 Å². The first-order chi connectivity index (χ1) is 6.61. The maximum absolute atomic E-state index is 10.4. The summed E-state index contributed by atoms with van der Waals surface area (Å²) in [5, 5.41) is 0. The van der Waals surface area contributed by atoms with E-state index >= 15 is 0 Å². The molecule has 0 atom stereocenters. The van der Waals surface area contributed by atoms with Gasteiger partial charge >= 0.3 is 0 Å². The predicted molar refractivity (Wildman–Crippen MR) is 56.3 cm³/mol. The Morgan fingerprint density at radius 1 is 1.50 bits per heavy atom. The fraction of sp³-hybridized carbons (Fsp3) is 0.182. The van der Waals surface area contributed by atoms with Crippen molar-refractivity contribution in [2.45, 2.75) is 13.3 Å². The van der Waals surface area contributed by atoms with Gasteiger partial charge in [-0.25, -0.2) is 0 Å². The van der Waals surface area contributed by atoms with Crippen LogP contribution in [0.2, 0.25) is 0 Å². The molecule has 0 spiro atoms. The monoisotopic (exact) mass is 188 g/mol. The molecule has 0 aromatic heterocycles. The Hall–Kier alpha value is -1.95. The molecule has 0 heterocycles. The molecule has 3 nitrogen and oxygen atoms in total. The zero-order chi connectivity index (χ0) is 10.6. The molecular weight excluding hydrogens is 176 g/mol. The van der Waals surface area contributed by atoms with Crippen molar-refractivity contribution in [3.8, 4) is 11.8 Å². The van der Waals surface area contributed by atoms with Gasteiger partial charge in [-0.15, -0.1) is 0 Å². The normalized spacial score (nSPS) is 8.93. The quantitative estimate of drug-likeness (QED) is 0.505. The second kappa shape index (κ2) is 4.33. The number of primary amides is 1. The number of carbonyl (C=O) groups is 1. The first-order valence-corrected chi connectivity index (χ1v) is 4.23. The standard InChI is InChI=1S/C11H12N2O/c1-8-9(4-2-6-10(8)12)5-3-7-11(13)14/h2,4,6H,7,12H2,1H3,(H2,13,14). The van der Waals surface area contributed by atoms with Crippen molar-refractivity contribution in [2.75, 3.05) is 5.73 Å². The summed E-state index contributed by atoms with van der Waals surface area (Å²) in [6.45, 7) is 1.89. The van der Waals surface area contributed by atoms with Gasteiger partial charge in [-0.1, -0.05) is 17.9 Å². The number of benzene rings is 1. The molecule has 0 fully saturated rings. The lowest BCUT2D eigenvalue weighted by molar-refractivity contribution is -0.117. The average Bonchev–Trinajstić information content (AvgIpc) is 2.12. The molecule has 0 radical (unpaired) electrons. The minimum atomic E-state index is -0.418. The molecule has 0 unspecified atom stereocenters. The highest BCUT2D eigenvalue weighted by Crippen LogP contribution is 2.13. The van der Waals surface area contributed by atoms with Crippen LogP contribution in [0, 0.1) is 18.8 Å². The van der Waals surface area contributed by atoms with E-state index in [4.69, 9.17) is 11.5 Å². The molecule has 0 saturated carbocycles. The topological polar surface area (TPSA) is 69.1 Å². The maximum atomic E-state index is 10.4. The van der Waals surface area contributed by atoms with E-state index in [9.17, 15) is 4.79 Å². The molecule has 1 aromatic carbocycles. The third-order valence-electron chi connectivity index (χ3n) is 1.86. The lowest BCUT2D eigenvalue weighted by Gasteiger charge is -2.00. The number of nitrogens with two attached hydrogens (primary N) is 2. The average molecular weight is 188 g/mol. The van der Waals surface area contributed by atoms with Crippen molar-refractivity contribution in [3.05, 3.63) is 29.3 Å². The minimum Gasteiger partial charge on any atom is -0.398 e. The third-order valence-corrected chi connectivity index (χ3v) is 1.86. The third kappa shape index (κ3) is 2.53. The summed E-state index contributed by atoms with van der Waals surface area (Å²) >= 11 is 0. The molecule has 0 saturated heterocycles. The Morgan fingerprint density at radius 2 is 2.21 bits per heavy atom. The van der Waals surface area contributed by atoms with E-state index in [-0.39, 0.29) is 6.42 Å². The Balaban J connectivity index is 2.90. The summed E-state index contributed by atoms with van der Waals surface area (Å²) in [4.78, 5) is 10.4. The fourth-order valence-electron chi connectivity index (χ4n) is 1.02. The van der Waals surface area contributed by atoms with Crippen molar-refractivity contribution >= 4 is 11.6 Å². The summed E-state index contributed by atoms with van der Waals surface area (Å²) in [7, 11) is 0. The van der Waals surface area contributed by atoms with Crippen LogP contribution >= 0.6 is 0 Å². The second-order valence-corrected chi connectivity index (χ2v) is 2.96. The van der Waals surface area contributed by atoms with Crippen molar-refractivity contribution in [3.63, 3.8) is 0 Å². The van der Waals surface area contributed by atoms with Gasteiger partial charge in [-0.3, -0.25) is 4.79 Å². The highest BCUT2D eigenvalue weighted by molar-refractivity contribution is 5.76. The lowest BCUT2D eigenvalue weighted by Crippen LogP contribution is -2.08. The summed E-state index contributed by atoms with van der Waals surface area (Å²) in [6, 6.07) is 5.50. The molecule has 1 amide bonds. The fourth-order valence-corrected chi connectivity index (χ4v) is 1.02. The molecular formula is C11H12N2O. The number of carbonyl (C=O) groups excluding carboxylic acids is 1. The largest absolute Gasteiger partial charge is 0.398 e. The van der Waals surface area contributed by atoms with Gasteiger partial charge < -0.3 is 11.5 Å². The molecule has 3 heteroatoms. The number of nitrogen functional groups attached to an aromatic ring is 1. The Kier molecular flexibility index (Phi) is 3.14. The smallest absolute Gasteiger partial charge is 0.229 e. The summed E-state index contributed by atoms with van der Waals surface area (Å²) in [5.74, 6) is 5.13. The number of hydrogen-bond donors (Lipinski definition) is 2. The van der Waals surface area contributed by atoms with E-state index in [2.05, 4.69) is 11.8 Å². The Bertz CT molecular complexity index is 413. The van der Waals surface area contributed by atoms with E-state index < -0.39 is 5.91 Å². The van der Waals surface area contributed by atoms with Gasteiger partial charge in [0.25, 0.3) is 0 Å². The molecule has 0 bridgehead atoms. The maximum Gasteiger partial charge on any atom is 0.229 e. The van der Waals surface area contributed by atoms with Crippen molar-refractivity contribution in [1.29, 1.82) is 0 Å². The predicted octanol–water partition coefficient (Wildman–Crippen LogP) is 0.804. The number of amides is 1. The first-order valence-electron chi connectivity index (χ1n) is 4.23. The molecule has 0 aliphatic heterocycles. The van der Waals surface area contributed by atoms with Gasteiger partial charge in [0, 0.05) is 11.3 Å². The van der Waals surface area contributed by atoms with E-state index in [0.717, 1.165) is 11.1 Å². The molecule has 0 aliphatic carbocycles. The van der Waals surface area contributed by atoms with Crippen LogP contribution in [-0.2, 0) is 4.79 Å². The molecule has 1 rings (SSSR count). The Morgan fingerprint density at radius 3 is 2.86 bits per heavy atom. The van der Waals surface area contributed by atoms with Crippen molar-refractivity contribution in [1.82, 2.24) is 0 Å². The SMILES string of the molecule is Cc1c(N)cccc1C#CCC(N)=O. The first kappa shape index (κ1) is 10.1. The van der Waals surface area contributed by atoms with Crippen molar-refractivity contribution in [2.24, 2.45) is 5.73 Å². The van der Waals surface area contributed by atoms with Gasteiger partial charge in [0.1, 0.15) is 0 Å². The molecule has 0 aliphatic rings. The van der Waals surface area contributed by atoms with Gasteiger partial charge in [0.15, 0.2) is 0 Å². The van der Waals surface area contributed by atoms with Crippen LogP contribution in [0.4, 0.5) is 5.69 Å². The van der Waals surface area contributed by atoms with E-state index in [1.165, 1.54) is 0 Å². The molecule has 14 heavy (non-hydrogen) atoms. The van der Waals surface area contributed by atoms with Crippen LogP contribution in [-0.4, -0.2) is 5.91 Å². The van der Waals surface area contributed by atoms with Crippen LogP contribution in [0.1, 0.15) is 17.5 Å². The number of anilines is 1. The van der Waals surface area contributed by atoms with Crippen LogP contribution in [0.25, 0.3) is 0 Å². The van der Waals surface area contributed by atoms with Crippen LogP contribution in [0.5, 0.6) is 0 Å². The van der Waals surface area contributed by atoms with E-state index in [1.807, 2.05) is 25.1 Å². The summed E-state index contributed by atoms with van der Waals surface area (Å²) < 4.78 is 0. The Labute approximate surface area is 83.1 Å². The second-order valence-electron chi connectivity index (χ2n) is 2.96. The number of hydrogen-bond acceptors (Lipinski definition) is 2. The number of rotatable bonds is 1. The zero-order valence-corrected chi connectivity index (χ0v) is 8.00. The van der Waals surface area contributed by atoms with Gasteiger partial charge in [0.05, 0.1) is 6.42 Å². The lowest BCUT2D eigenvalue weighted by atomic mass is 10.1. The summed E-state index contributed by atoms with van der Waals surface area (Å²) in [6.07, 6.45) is 0.0776. The van der Waals surface area contributed by atoms with E-state index in [1.54, 1.807) is 0 Å². The van der Waals surface area contributed by atoms with E-state index in [0.29, 0.717) is 5.69 Å². The zero-order valence-electron chi connectivity index (χ0n) is 8.00. The molecule has 4 N–H and O–H groups in total. The molecule has 1 aromatic rings. The van der Waals surface area contributed by atoms with Gasteiger partial charge in [0.2, 0.25) is 5.91 Å². The summed E-state index contributed by atoms with van der Waals surface area (Å²) in [5.41, 5.74) is 13.1. The van der Waals surface area contributed by atoms with Crippen molar-refractivity contribution < 1.29 is 4.79 Å². The molecule has 72 valence electrons. The van der Waals surface area contributed by atoms with Crippen LogP contribution < -0.4 is 11.5 Å². The van der Waals surface area contributed by atoms with Gasteiger partial charge in [-0.2, -0.15) is 0 Å². The highest BCUT2D eigenvalue weighted by atomic mass is 16.1.